The second-order valence-electron chi connectivity index (χ2n) is 5.26. The highest BCUT2D eigenvalue weighted by atomic mass is 16.5. The van der Waals surface area contributed by atoms with Crippen molar-refractivity contribution in [2.75, 3.05) is 25.6 Å². The quantitative estimate of drug-likeness (QED) is 0.725. The summed E-state index contributed by atoms with van der Waals surface area (Å²) in [7, 11) is 1.68. The van der Waals surface area contributed by atoms with Crippen LogP contribution < -0.4 is 10.1 Å². The van der Waals surface area contributed by atoms with Gasteiger partial charge in [0.2, 0.25) is 0 Å². The van der Waals surface area contributed by atoms with E-state index < -0.39 is 0 Å². The molecule has 0 aliphatic heterocycles. The van der Waals surface area contributed by atoms with E-state index in [2.05, 4.69) is 14.9 Å². The minimum Gasteiger partial charge on any atom is -0.483 e. The number of ether oxygens (including phenoxy) is 2. The van der Waals surface area contributed by atoms with E-state index in [4.69, 9.17) is 9.47 Å². The zero-order valence-corrected chi connectivity index (χ0v) is 13.4. The Hall–Kier alpha value is -2.86. The zero-order chi connectivity index (χ0) is 16.8. The van der Waals surface area contributed by atoms with Gasteiger partial charge in [-0.05, 0) is 30.3 Å². The number of hydrogen-bond donors (Lipinski definition) is 1. The summed E-state index contributed by atoms with van der Waals surface area (Å²) in [6, 6.07) is 11.3. The SMILES string of the molecule is COCCn1ccc2c(OCC(=O)Nc3ccncc3)cccc21. The summed E-state index contributed by atoms with van der Waals surface area (Å²) in [5, 5.41) is 3.74. The Labute approximate surface area is 140 Å². The lowest BCUT2D eigenvalue weighted by Gasteiger charge is -2.09. The van der Waals surface area contributed by atoms with Gasteiger partial charge in [-0.25, -0.2) is 0 Å². The van der Waals surface area contributed by atoms with Crippen molar-refractivity contribution in [3.63, 3.8) is 0 Å². The van der Waals surface area contributed by atoms with Gasteiger partial charge in [0.1, 0.15) is 5.75 Å². The second-order valence-corrected chi connectivity index (χ2v) is 5.26. The van der Waals surface area contributed by atoms with Crippen LogP contribution in [0.4, 0.5) is 5.69 Å². The minimum atomic E-state index is -0.211. The molecular formula is C18H19N3O3. The Morgan fingerprint density at radius 3 is 2.83 bits per heavy atom. The molecule has 0 saturated carbocycles. The van der Waals surface area contributed by atoms with Crippen LogP contribution in [-0.2, 0) is 16.1 Å². The van der Waals surface area contributed by atoms with Gasteiger partial charge in [-0.1, -0.05) is 6.07 Å². The number of methoxy groups -OCH3 is 1. The summed E-state index contributed by atoms with van der Waals surface area (Å²) in [4.78, 5) is 15.9. The van der Waals surface area contributed by atoms with Crippen molar-refractivity contribution < 1.29 is 14.3 Å². The highest BCUT2D eigenvalue weighted by molar-refractivity contribution is 5.92. The molecule has 0 radical (unpaired) electrons. The third kappa shape index (κ3) is 3.72. The fourth-order valence-corrected chi connectivity index (χ4v) is 2.48. The third-order valence-corrected chi connectivity index (χ3v) is 3.63. The van der Waals surface area contributed by atoms with Crippen LogP contribution in [0.25, 0.3) is 10.9 Å². The fraction of sp³-hybridized carbons (Fsp3) is 0.222. The van der Waals surface area contributed by atoms with Crippen LogP contribution in [0.1, 0.15) is 0 Å². The number of aromatic nitrogens is 2. The third-order valence-electron chi connectivity index (χ3n) is 3.63. The molecule has 1 N–H and O–H groups in total. The number of nitrogens with zero attached hydrogens (tertiary/aromatic N) is 2. The molecule has 0 aliphatic rings. The van der Waals surface area contributed by atoms with Gasteiger partial charge in [0.05, 0.1) is 12.1 Å². The molecule has 3 aromatic rings. The summed E-state index contributed by atoms with van der Waals surface area (Å²) in [6.45, 7) is 1.36. The molecule has 6 nitrogen and oxygen atoms in total. The Kier molecular flexibility index (Phi) is 5.08. The molecule has 0 saturated heterocycles. The van der Waals surface area contributed by atoms with Crippen molar-refractivity contribution in [3.8, 4) is 5.75 Å². The van der Waals surface area contributed by atoms with Crippen LogP contribution in [0.2, 0.25) is 0 Å². The lowest BCUT2D eigenvalue weighted by Crippen LogP contribution is -2.20. The summed E-state index contributed by atoms with van der Waals surface area (Å²) in [5.41, 5.74) is 1.75. The molecule has 3 rings (SSSR count). The van der Waals surface area contributed by atoms with Crippen molar-refractivity contribution in [1.82, 2.24) is 9.55 Å². The summed E-state index contributed by atoms with van der Waals surface area (Å²) >= 11 is 0. The molecule has 0 atom stereocenters. The number of benzene rings is 1. The fourth-order valence-electron chi connectivity index (χ4n) is 2.48. The molecule has 1 amide bonds. The number of rotatable bonds is 7. The standard InChI is InChI=1S/C18H19N3O3/c1-23-12-11-21-10-7-15-16(21)3-2-4-17(15)24-13-18(22)20-14-5-8-19-9-6-14/h2-10H,11-13H2,1H3,(H,19,20,22). The predicted molar refractivity (Wildman–Crippen MR) is 92.2 cm³/mol. The maximum atomic E-state index is 12.0. The van der Waals surface area contributed by atoms with Crippen molar-refractivity contribution in [2.24, 2.45) is 0 Å². The van der Waals surface area contributed by atoms with Crippen molar-refractivity contribution in [1.29, 1.82) is 0 Å². The lowest BCUT2D eigenvalue weighted by atomic mass is 10.2. The van der Waals surface area contributed by atoms with Crippen LogP contribution in [0.15, 0.2) is 55.0 Å². The normalized spacial score (nSPS) is 10.7. The molecule has 0 fully saturated rings. The highest BCUT2D eigenvalue weighted by Gasteiger charge is 2.09. The van der Waals surface area contributed by atoms with E-state index in [1.165, 1.54) is 0 Å². The largest absolute Gasteiger partial charge is 0.483 e. The van der Waals surface area contributed by atoms with Gasteiger partial charge in [0.15, 0.2) is 6.61 Å². The smallest absolute Gasteiger partial charge is 0.262 e. The Balaban J connectivity index is 1.67. The average Bonchev–Trinajstić information content (AvgIpc) is 3.02. The number of nitrogens with one attached hydrogen (secondary N) is 1. The van der Waals surface area contributed by atoms with E-state index in [0.29, 0.717) is 18.0 Å². The van der Waals surface area contributed by atoms with Gasteiger partial charge in [-0.2, -0.15) is 0 Å². The first kappa shape index (κ1) is 16.0. The number of carbonyl (C=O) groups is 1. The number of carbonyl (C=O) groups excluding carboxylic acids is 1. The van der Waals surface area contributed by atoms with Gasteiger partial charge in [-0.3, -0.25) is 9.78 Å². The second kappa shape index (κ2) is 7.61. The number of pyridine rings is 1. The van der Waals surface area contributed by atoms with Crippen LogP contribution in [-0.4, -0.2) is 35.8 Å². The van der Waals surface area contributed by atoms with Crippen LogP contribution >= 0.6 is 0 Å². The first-order chi connectivity index (χ1) is 11.8. The number of fused-ring (bicyclic) bond motifs is 1. The molecule has 0 aliphatic carbocycles. The van der Waals surface area contributed by atoms with Crippen LogP contribution in [0.5, 0.6) is 5.75 Å². The Morgan fingerprint density at radius 1 is 1.21 bits per heavy atom. The summed E-state index contributed by atoms with van der Waals surface area (Å²) < 4.78 is 12.9. The zero-order valence-electron chi connectivity index (χ0n) is 13.4. The molecule has 24 heavy (non-hydrogen) atoms. The van der Waals surface area contributed by atoms with Gasteiger partial charge < -0.3 is 19.4 Å². The highest BCUT2D eigenvalue weighted by Crippen LogP contribution is 2.26. The Bertz CT molecular complexity index is 815. The number of anilines is 1. The Morgan fingerprint density at radius 2 is 2.04 bits per heavy atom. The molecule has 1 aromatic carbocycles. The van der Waals surface area contributed by atoms with Crippen molar-refractivity contribution in [3.05, 3.63) is 55.0 Å². The van der Waals surface area contributed by atoms with Gasteiger partial charge in [-0.15, -0.1) is 0 Å². The first-order valence-corrected chi connectivity index (χ1v) is 7.67. The van der Waals surface area contributed by atoms with E-state index in [9.17, 15) is 4.79 Å². The van der Waals surface area contributed by atoms with E-state index in [0.717, 1.165) is 17.4 Å². The molecule has 2 heterocycles. The maximum Gasteiger partial charge on any atom is 0.262 e. The average molecular weight is 325 g/mol. The van der Waals surface area contributed by atoms with Crippen LogP contribution in [0.3, 0.4) is 0 Å². The molecule has 6 heteroatoms. The number of amides is 1. The van der Waals surface area contributed by atoms with E-state index in [-0.39, 0.29) is 12.5 Å². The molecule has 0 unspecified atom stereocenters. The summed E-state index contributed by atoms with van der Waals surface area (Å²) in [5.74, 6) is 0.477. The predicted octanol–water partition coefficient (Wildman–Crippen LogP) is 2.70. The molecule has 0 spiro atoms. The molecule has 2 aromatic heterocycles. The monoisotopic (exact) mass is 325 g/mol. The van der Waals surface area contributed by atoms with Crippen molar-refractivity contribution >= 4 is 22.5 Å². The topological polar surface area (TPSA) is 65.4 Å². The molecule has 124 valence electrons. The maximum absolute atomic E-state index is 12.0. The summed E-state index contributed by atoms with van der Waals surface area (Å²) in [6.07, 6.45) is 5.24. The lowest BCUT2D eigenvalue weighted by molar-refractivity contribution is -0.118. The van der Waals surface area contributed by atoms with Crippen LogP contribution in [0, 0.1) is 0 Å². The van der Waals surface area contributed by atoms with E-state index in [1.807, 2.05) is 30.5 Å². The van der Waals surface area contributed by atoms with Crippen molar-refractivity contribution in [2.45, 2.75) is 6.54 Å². The minimum absolute atomic E-state index is 0.0509. The van der Waals surface area contributed by atoms with Gasteiger partial charge in [0, 0.05) is 43.3 Å². The molecular weight excluding hydrogens is 306 g/mol. The molecule has 0 bridgehead atoms. The number of hydrogen-bond acceptors (Lipinski definition) is 4. The first-order valence-electron chi connectivity index (χ1n) is 7.67. The van der Waals surface area contributed by atoms with Gasteiger partial charge in [0.25, 0.3) is 5.91 Å². The van der Waals surface area contributed by atoms with E-state index in [1.54, 1.807) is 31.6 Å². The van der Waals surface area contributed by atoms with E-state index >= 15 is 0 Å². The van der Waals surface area contributed by atoms with Gasteiger partial charge >= 0.3 is 0 Å².